The molecule has 1 heterocycles. The maximum absolute atomic E-state index is 13.1. The van der Waals surface area contributed by atoms with Crippen LogP contribution >= 0.6 is 11.3 Å². The largest absolute Gasteiger partial charge is 0.444 e. The summed E-state index contributed by atoms with van der Waals surface area (Å²) in [6.45, 7) is 10.3. The van der Waals surface area contributed by atoms with Crippen molar-refractivity contribution < 1.29 is 28.1 Å². The van der Waals surface area contributed by atoms with Crippen molar-refractivity contribution in [2.75, 3.05) is 10.6 Å². The summed E-state index contributed by atoms with van der Waals surface area (Å²) in [5, 5.41) is 9.43. The molecule has 0 aliphatic rings. The van der Waals surface area contributed by atoms with Crippen LogP contribution in [-0.4, -0.2) is 29.3 Å². The molecule has 3 aromatic rings. The van der Waals surface area contributed by atoms with Gasteiger partial charge in [-0.05, 0) is 81.6 Å². The lowest BCUT2D eigenvalue weighted by Gasteiger charge is -2.21. The lowest BCUT2D eigenvalue weighted by molar-refractivity contribution is 0.0603. The van der Waals surface area contributed by atoms with E-state index in [0.717, 1.165) is 11.1 Å². The molecule has 3 amide bonds. The molecule has 3 rings (SSSR count). The molecule has 0 aliphatic carbocycles. The predicted octanol–water partition coefficient (Wildman–Crippen LogP) is 7.46. The minimum Gasteiger partial charge on any atom is -0.444 e. The fourth-order valence-corrected chi connectivity index (χ4v) is 4.41. The highest BCUT2D eigenvalue weighted by Crippen LogP contribution is 2.31. The van der Waals surface area contributed by atoms with Crippen molar-refractivity contribution in [2.45, 2.75) is 57.6 Å². The van der Waals surface area contributed by atoms with E-state index in [1.54, 1.807) is 65.0 Å². The minimum atomic E-state index is -1.99. The molecule has 0 saturated carbocycles. The van der Waals surface area contributed by atoms with E-state index in [1.165, 1.54) is 24.3 Å². The Labute approximate surface area is 227 Å². The van der Waals surface area contributed by atoms with Gasteiger partial charge in [0.25, 0.3) is 5.91 Å². The van der Waals surface area contributed by atoms with Crippen LogP contribution in [0.5, 0.6) is 0 Å². The molecule has 0 aliphatic heterocycles. The smallest absolute Gasteiger partial charge is 0.412 e. The second-order valence-corrected chi connectivity index (χ2v) is 12.1. The van der Waals surface area contributed by atoms with Gasteiger partial charge >= 0.3 is 12.2 Å². The van der Waals surface area contributed by atoms with E-state index < -0.39 is 39.9 Å². The predicted molar refractivity (Wildman–Crippen MR) is 149 cm³/mol. The molecule has 0 saturated heterocycles. The maximum Gasteiger partial charge on any atom is 0.412 e. The van der Waals surface area contributed by atoms with E-state index in [-0.39, 0.29) is 10.5 Å². The van der Waals surface area contributed by atoms with E-state index in [0.29, 0.717) is 11.4 Å². The standard InChI is InChI=1S/C27H30N3O6S2/c1-26(2,3)35-24(32)29-21-12-9-18(19-13-14-37-16-19)15-22(21)28-23(31)17-7-10-20(11-8-17)38(34)30-25(33)36-27(4,5)6/h7-16H,1-6H3,(H,28,31)(H,29,32)/q-1. The fourth-order valence-electron chi connectivity index (χ4n) is 3.10. The second-order valence-electron chi connectivity index (χ2n) is 10.2. The maximum atomic E-state index is 13.1. The minimum absolute atomic E-state index is 0.235. The zero-order chi connectivity index (χ0) is 28.1. The number of rotatable bonds is 5. The number of carbonyl (C=O) groups is 3. The Bertz CT molecular complexity index is 1400. The van der Waals surface area contributed by atoms with E-state index in [4.69, 9.17) is 9.47 Å². The number of nitrogens with zero attached hydrogens (tertiary/aromatic N) is 1. The van der Waals surface area contributed by atoms with E-state index in [2.05, 4.69) is 15.0 Å². The Morgan fingerprint density at radius 1 is 0.816 bits per heavy atom. The first kappa shape index (κ1) is 28.9. The van der Waals surface area contributed by atoms with Gasteiger partial charge in [-0.15, -0.1) is 10.6 Å². The average Bonchev–Trinajstić information content (AvgIpc) is 3.32. The fraction of sp³-hybridized carbons (Fsp3) is 0.296. The molecule has 0 unspecified atom stereocenters. The van der Waals surface area contributed by atoms with Crippen molar-refractivity contribution in [3.63, 3.8) is 0 Å². The van der Waals surface area contributed by atoms with E-state index >= 15 is 0 Å². The highest BCUT2D eigenvalue weighted by atomic mass is 32.2. The number of amides is 3. The first-order chi connectivity index (χ1) is 17.7. The third-order valence-electron chi connectivity index (χ3n) is 4.63. The number of anilines is 2. The average molecular weight is 557 g/mol. The zero-order valence-corrected chi connectivity index (χ0v) is 23.6. The Morgan fingerprint density at radius 3 is 2.05 bits per heavy atom. The van der Waals surface area contributed by atoms with Crippen LogP contribution in [0.4, 0.5) is 21.0 Å². The van der Waals surface area contributed by atoms with Crippen LogP contribution in [0.2, 0.25) is 0 Å². The van der Waals surface area contributed by atoms with Gasteiger partial charge in [0.1, 0.15) is 11.2 Å². The third-order valence-corrected chi connectivity index (χ3v) is 6.30. The van der Waals surface area contributed by atoms with Crippen LogP contribution in [0.3, 0.4) is 0 Å². The molecule has 1 aromatic heterocycles. The highest BCUT2D eigenvalue weighted by Gasteiger charge is 2.19. The number of carbonyl (C=O) groups excluding carboxylic acids is 3. The SMILES string of the molecule is CC(C)(C)OC(=O)N=[S-](=O)c1ccc(C(=O)Nc2cc(-c3ccsc3)ccc2NC(=O)OC(C)(C)C)cc1. The van der Waals surface area contributed by atoms with Crippen molar-refractivity contribution in [1.82, 2.24) is 0 Å². The molecule has 9 nitrogen and oxygen atoms in total. The molecule has 0 bridgehead atoms. The van der Waals surface area contributed by atoms with Gasteiger partial charge in [0.2, 0.25) is 0 Å². The lowest BCUT2D eigenvalue weighted by atomic mass is 10.1. The molecule has 0 spiro atoms. The van der Waals surface area contributed by atoms with Gasteiger partial charge in [0, 0.05) is 5.56 Å². The molecule has 11 heteroatoms. The number of hydrogen-bond donors (Lipinski definition) is 2. The van der Waals surface area contributed by atoms with Gasteiger partial charge in [0.15, 0.2) is 0 Å². The second kappa shape index (κ2) is 11.8. The first-order valence-corrected chi connectivity index (χ1v) is 13.7. The number of nitrogens with one attached hydrogen (secondary N) is 2. The van der Waals surface area contributed by atoms with Crippen LogP contribution in [0.1, 0.15) is 51.9 Å². The van der Waals surface area contributed by atoms with Crippen molar-refractivity contribution in [3.05, 3.63) is 64.9 Å². The quantitative estimate of drug-likeness (QED) is 0.315. The third kappa shape index (κ3) is 8.70. The van der Waals surface area contributed by atoms with Gasteiger partial charge in [-0.25, -0.2) is 9.59 Å². The van der Waals surface area contributed by atoms with Crippen molar-refractivity contribution in [3.8, 4) is 11.1 Å². The van der Waals surface area contributed by atoms with Crippen LogP contribution < -0.4 is 10.6 Å². The highest BCUT2D eigenvalue weighted by molar-refractivity contribution is 7.75. The lowest BCUT2D eigenvalue weighted by Crippen LogP contribution is -2.27. The summed E-state index contributed by atoms with van der Waals surface area (Å²) >= 11 is 1.54. The van der Waals surface area contributed by atoms with Gasteiger partial charge in [-0.2, -0.15) is 11.3 Å². The number of ether oxygens (including phenoxy) is 2. The van der Waals surface area contributed by atoms with Crippen molar-refractivity contribution >= 4 is 51.4 Å². The summed E-state index contributed by atoms with van der Waals surface area (Å²) in [6, 6.07) is 13.1. The van der Waals surface area contributed by atoms with Crippen LogP contribution in [-0.2, 0) is 24.3 Å². The Balaban J connectivity index is 1.82. The molecule has 0 radical (unpaired) electrons. The van der Waals surface area contributed by atoms with Crippen LogP contribution in [0.25, 0.3) is 11.1 Å². The van der Waals surface area contributed by atoms with Gasteiger partial charge in [-0.3, -0.25) is 14.5 Å². The van der Waals surface area contributed by atoms with E-state index in [9.17, 15) is 18.6 Å². The van der Waals surface area contributed by atoms with Crippen LogP contribution in [0, 0.1) is 0 Å². The van der Waals surface area contributed by atoms with Gasteiger partial charge < -0.3 is 19.0 Å². The number of hydrogen-bond acceptors (Lipinski definition) is 8. The number of thiophene rings is 1. The molecule has 0 atom stereocenters. The summed E-state index contributed by atoms with van der Waals surface area (Å²) < 4.78 is 26.3. The molecule has 2 aromatic carbocycles. The normalized spacial score (nSPS) is 12.5. The molecule has 0 fully saturated rings. The Morgan fingerprint density at radius 2 is 1.47 bits per heavy atom. The van der Waals surface area contributed by atoms with Gasteiger partial charge in [-0.1, -0.05) is 35.2 Å². The molecule has 202 valence electrons. The molecule has 38 heavy (non-hydrogen) atoms. The molecular formula is C27H30N3O6S2-. The van der Waals surface area contributed by atoms with E-state index in [1.807, 2.05) is 22.9 Å². The van der Waals surface area contributed by atoms with Crippen molar-refractivity contribution in [2.24, 2.45) is 4.36 Å². The monoisotopic (exact) mass is 556 g/mol. The topological polar surface area (TPSA) is 123 Å². The van der Waals surface area contributed by atoms with Crippen molar-refractivity contribution in [1.29, 1.82) is 0 Å². The summed E-state index contributed by atoms with van der Waals surface area (Å²) in [7, 11) is -1.99. The molecular weight excluding hydrogens is 526 g/mol. The number of benzene rings is 2. The summed E-state index contributed by atoms with van der Waals surface area (Å²) in [5.74, 6) is -0.457. The summed E-state index contributed by atoms with van der Waals surface area (Å²) in [5.41, 5.74) is 1.37. The van der Waals surface area contributed by atoms with Crippen LogP contribution in [0.15, 0.2) is 68.5 Å². The summed E-state index contributed by atoms with van der Waals surface area (Å²) in [4.78, 5) is 37.5. The Hall–Kier alpha value is -3.70. The Kier molecular flexibility index (Phi) is 8.95. The first-order valence-electron chi connectivity index (χ1n) is 11.6. The van der Waals surface area contributed by atoms with Gasteiger partial charge in [0.05, 0.1) is 11.4 Å². The zero-order valence-electron chi connectivity index (χ0n) is 22.0. The summed E-state index contributed by atoms with van der Waals surface area (Å²) in [6.07, 6.45) is -1.59. The molecule has 2 N–H and O–H groups in total.